The topological polar surface area (TPSA) is 138 Å². The summed E-state index contributed by atoms with van der Waals surface area (Å²) in [6.07, 6.45) is 1.44. The number of likely N-dealkylation sites (tertiary alicyclic amines) is 2. The number of carbonyl (C=O) groups excluding carboxylic acids is 5. The standard InChI is InChI=1S/C34H42ClN5O7/c1-21-5-7-25(16-27(21)35)37-33(45)36-17-22-6-8-26-24(15-22)18-39(30(26)42)28-9-10-29(41)40(31(28)43)20-46-32(44)23-11-13-38(14-12-23)19-47-34(2,3)4/h5-8,15-16,23,28H,9-14,17-20H2,1-4H3,(H2,36,37,45). The van der Waals surface area contributed by atoms with Crippen LogP contribution in [0.5, 0.6) is 0 Å². The Morgan fingerprint density at radius 3 is 2.45 bits per heavy atom. The minimum absolute atomic E-state index is 0.0523. The first kappa shape index (κ1) is 34.3. The van der Waals surface area contributed by atoms with Gasteiger partial charge in [-0.1, -0.05) is 29.8 Å². The Bertz CT molecular complexity index is 1550. The third-order valence-corrected chi connectivity index (χ3v) is 9.09. The Morgan fingerprint density at radius 2 is 1.74 bits per heavy atom. The Kier molecular flexibility index (Phi) is 10.5. The van der Waals surface area contributed by atoms with Crippen molar-refractivity contribution in [2.45, 2.75) is 78.1 Å². The monoisotopic (exact) mass is 667 g/mol. The number of halogens is 1. The zero-order chi connectivity index (χ0) is 33.9. The second-order valence-corrected chi connectivity index (χ2v) is 13.7. The predicted molar refractivity (Wildman–Crippen MR) is 174 cm³/mol. The zero-order valence-corrected chi connectivity index (χ0v) is 28.0. The normalized spacial score (nSPS) is 19.2. The van der Waals surface area contributed by atoms with Crippen LogP contribution in [0.25, 0.3) is 0 Å². The number of imide groups is 1. The van der Waals surface area contributed by atoms with Gasteiger partial charge in [-0.25, -0.2) is 9.69 Å². The van der Waals surface area contributed by atoms with Gasteiger partial charge in [0, 0.05) is 48.9 Å². The summed E-state index contributed by atoms with van der Waals surface area (Å²) in [7, 11) is 0. The lowest BCUT2D eigenvalue weighted by molar-refractivity contribution is -0.167. The molecule has 13 heteroatoms. The number of aryl methyl sites for hydroxylation is 1. The number of hydrogen-bond acceptors (Lipinski definition) is 8. The van der Waals surface area contributed by atoms with Crippen molar-refractivity contribution in [3.8, 4) is 0 Å². The highest BCUT2D eigenvalue weighted by molar-refractivity contribution is 6.31. The summed E-state index contributed by atoms with van der Waals surface area (Å²) in [5.41, 5.74) is 3.19. The number of fused-ring (bicyclic) bond motifs is 1. The van der Waals surface area contributed by atoms with E-state index in [2.05, 4.69) is 15.5 Å². The van der Waals surface area contributed by atoms with Crippen molar-refractivity contribution in [2.75, 3.05) is 31.9 Å². The molecule has 3 aliphatic heterocycles. The molecule has 5 amide bonds. The van der Waals surface area contributed by atoms with E-state index in [4.69, 9.17) is 21.1 Å². The van der Waals surface area contributed by atoms with Gasteiger partial charge in [0.15, 0.2) is 6.73 Å². The number of anilines is 1. The molecule has 2 saturated heterocycles. The van der Waals surface area contributed by atoms with Crippen molar-refractivity contribution >= 4 is 47.0 Å². The molecular weight excluding hydrogens is 626 g/mol. The van der Waals surface area contributed by atoms with E-state index in [0.29, 0.717) is 48.9 Å². The minimum Gasteiger partial charge on any atom is -0.443 e. The Hall–Kier alpha value is -4.00. The molecule has 1 unspecified atom stereocenters. The van der Waals surface area contributed by atoms with Gasteiger partial charge in [-0.15, -0.1) is 0 Å². The highest BCUT2D eigenvalue weighted by Crippen LogP contribution is 2.30. The van der Waals surface area contributed by atoms with Gasteiger partial charge in [0.1, 0.15) is 6.04 Å². The van der Waals surface area contributed by atoms with Crippen LogP contribution in [-0.4, -0.2) is 82.6 Å². The number of amides is 5. The molecule has 3 aliphatic rings. The molecule has 2 N–H and O–H groups in total. The van der Waals surface area contributed by atoms with E-state index in [1.165, 1.54) is 4.90 Å². The second kappa shape index (κ2) is 14.4. The van der Waals surface area contributed by atoms with Crippen molar-refractivity contribution in [3.63, 3.8) is 0 Å². The third-order valence-electron chi connectivity index (χ3n) is 8.68. The maximum Gasteiger partial charge on any atom is 0.319 e. The third kappa shape index (κ3) is 8.48. The van der Waals surface area contributed by atoms with Gasteiger partial charge < -0.3 is 25.0 Å². The molecule has 0 aliphatic carbocycles. The van der Waals surface area contributed by atoms with Gasteiger partial charge in [0.2, 0.25) is 5.91 Å². The SMILES string of the molecule is Cc1ccc(NC(=O)NCc2ccc3c(c2)CN(C2CCC(=O)N(COC(=O)C4CCN(COC(C)(C)C)CC4)C2=O)C3=O)cc1Cl. The molecule has 0 aromatic heterocycles. The number of urea groups is 1. The van der Waals surface area contributed by atoms with E-state index >= 15 is 0 Å². The van der Waals surface area contributed by atoms with Crippen LogP contribution in [0.4, 0.5) is 10.5 Å². The van der Waals surface area contributed by atoms with E-state index in [1.807, 2.05) is 39.8 Å². The summed E-state index contributed by atoms with van der Waals surface area (Å²) in [6.45, 7) is 9.64. The number of nitrogens with one attached hydrogen (secondary N) is 2. The van der Waals surface area contributed by atoms with E-state index in [9.17, 15) is 24.0 Å². The molecule has 2 fully saturated rings. The fourth-order valence-corrected chi connectivity index (χ4v) is 6.04. The van der Waals surface area contributed by atoms with Crippen molar-refractivity contribution in [1.29, 1.82) is 0 Å². The summed E-state index contributed by atoms with van der Waals surface area (Å²) in [5.74, 6) is -2.06. The number of nitrogens with zero attached hydrogens (tertiary/aromatic N) is 3. The first-order valence-electron chi connectivity index (χ1n) is 15.9. The Balaban J connectivity index is 1.12. The number of esters is 1. The number of hydrogen-bond donors (Lipinski definition) is 2. The fourth-order valence-electron chi connectivity index (χ4n) is 5.86. The van der Waals surface area contributed by atoms with Crippen molar-refractivity contribution in [2.24, 2.45) is 5.92 Å². The zero-order valence-electron chi connectivity index (χ0n) is 27.3. The lowest BCUT2D eigenvalue weighted by Crippen LogP contribution is -2.55. The van der Waals surface area contributed by atoms with E-state index in [1.54, 1.807) is 24.3 Å². The van der Waals surface area contributed by atoms with Crippen LogP contribution >= 0.6 is 11.6 Å². The lowest BCUT2D eigenvalue weighted by Gasteiger charge is -2.35. The smallest absolute Gasteiger partial charge is 0.319 e. The van der Waals surface area contributed by atoms with Crippen LogP contribution in [-0.2, 0) is 36.9 Å². The van der Waals surface area contributed by atoms with Gasteiger partial charge in [-0.2, -0.15) is 0 Å². The van der Waals surface area contributed by atoms with Gasteiger partial charge in [-0.3, -0.25) is 24.1 Å². The first-order valence-corrected chi connectivity index (χ1v) is 16.3. The average molecular weight is 668 g/mol. The number of rotatable bonds is 9. The molecule has 252 valence electrons. The number of carbonyl (C=O) groups is 5. The predicted octanol–water partition coefficient (Wildman–Crippen LogP) is 4.43. The highest BCUT2D eigenvalue weighted by Gasteiger charge is 2.43. The van der Waals surface area contributed by atoms with Crippen LogP contribution in [0.2, 0.25) is 5.02 Å². The summed E-state index contributed by atoms with van der Waals surface area (Å²) < 4.78 is 11.3. The van der Waals surface area contributed by atoms with Gasteiger partial charge in [0.05, 0.1) is 18.2 Å². The van der Waals surface area contributed by atoms with Gasteiger partial charge in [0.25, 0.3) is 11.8 Å². The van der Waals surface area contributed by atoms with Crippen molar-refractivity contribution < 1.29 is 33.4 Å². The van der Waals surface area contributed by atoms with Crippen LogP contribution in [0.3, 0.4) is 0 Å². The largest absolute Gasteiger partial charge is 0.443 e. The van der Waals surface area contributed by atoms with E-state index < -0.39 is 36.6 Å². The van der Waals surface area contributed by atoms with Crippen molar-refractivity contribution in [3.05, 3.63) is 63.7 Å². The Morgan fingerprint density at radius 1 is 1.00 bits per heavy atom. The van der Waals surface area contributed by atoms with Gasteiger partial charge in [-0.05, 0) is 81.8 Å². The molecule has 47 heavy (non-hydrogen) atoms. The Labute approximate surface area is 279 Å². The van der Waals surface area contributed by atoms with Crippen LogP contribution in [0.1, 0.15) is 73.5 Å². The molecule has 0 radical (unpaired) electrons. The molecule has 1 atom stereocenters. The molecule has 5 rings (SSSR count). The molecule has 0 saturated carbocycles. The molecular formula is C34H42ClN5O7. The number of piperidine rings is 2. The van der Waals surface area contributed by atoms with Gasteiger partial charge >= 0.3 is 12.0 Å². The fraction of sp³-hybridized carbons (Fsp3) is 0.500. The number of ether oxygens (including phenoxy) is 2. The molecule has 2 aromatic rings. The maximum absolute atomic E-state index is 13.5. The summed E-state index contributed by atoms with van der Waals surface area (Å²) in [6, 6.07) is 9.26. The molecule has 0 spiro atoms. The van der Waals surface area contributed by atoms with E-state index in [-0.39, 0.29) is 43.4 Å². The summed E-state index contributed by atoms with van der Waals surface area (Å²) in [4.78, 5) is 69.4. The first-order chi connectivity index (χ1) is 22.3. The van der Waals surface area contributed by atoms with Crippen LogP contribution < -0.4 is 10.6 Å². The van der Waals surface area contributed by atoms with Crippen LogP contribution in [0.15, 0.2) is 36.4 Å². The van der Waals surface area contributed by atoms with Crippen LogP contribution in [0, 0.1) is 12.8 Å². The highest BCUT2D eigenvalue weighted by atomic mass is 35.5. The molecule has 3 heterocycles. The number of benzene rings is 2. The molecule has 0 bridgehead atoms. The summed E-state index contributed by atoms with van der Waals surface area (Å²) >= 11 is 6.14. The minimum atomic E-state index is -0.856. The average Bonchev–Trinajstić information content (AvgIpc) is 3.35. The molecule has 12 nitrogen and oxygen atoms in total. The lowest BCUT2D eigenvalue weighted by atomic mass is 9.97. The molecule has 2 aromatic carbocycles. The second-order valence-electron chi connectivity index (χ2n) is 13.3. The van der Waals surface area contributed by atoms with Crippen molar-refractivity contribution in [1.82, 2.24) is 20.0 Å². The van der Waals surface area contributed by atoms with E-state index in [0.717, 1.165) is 21.6 Å². The summed E-state index contributed by atoms with van der Waals surface area (Å²) in [5, 5.41) is 6.09. The quantitative estimate of drug-likeness (QED) is 0.296. The maximum atomic E-state index is 13.5.